The molecule has 2 bridgehead atoms. The molecular weight excluding hydrogens is 397 g/mol. The first-order valence-corrected chi connectivity index (χ1v) is 10.4. The Morgan fingerprint density at radius 3 is 2.11 bits per heavy atom. The maximum Gasteiger partial charge on any atom is 0.417 e. The number of rotatable bonds is 2. The summed E-state index contributed by atoms with van der Waals surface area (Å²) in [7, 11) is -4.36. The molecule has 2 unspecified atom stereocenters. The summed E-state index contributed by atoms with van der Waals surface area (Å²) in [5.41, 5.74) is -1.87. The highest BCUT2D eigenvalue weighted by atomic mass is 32.2. The van der Waals surface area contributed by atoms with Gasteiger partial charge in [-0.15, -0.1) is 0 Å². The molecule has 2 aliphatic heterocycles. The molecule has 0 N–H and O–H groups in total. The molecular formula is C18H23F3N2O4S. The average molecular weight is 420 g/mol. The van der Waals surface area contributed by atoms with Gasteiger partial charge in [-0.05, 0) is 45.7 Å². The zero-order valence-electron chi connectivity index (χ0n) is 15.9. The summed E-state index contributed by atoms with van der Waals surface area (Å²) in [6, 6.07) is 3.05. The van der Waals surface area contributed by atoms with Crippen LogP contribution in [0, 0.1) is 0 Å². The first kappa shape index (κ1) is 20.9. The van der Waals surface area contributed by atoms with Gasteiger partial charge in [-0.25, -0.2) is 13.2 Å². The molecule has 2 fully saturated rings. The molecule has 10 heteroatoms. The van der Waals surface area contributed by atoms with Crippen LogP contribution in [0.1, 0.15) is 39.2 Å². The van der Waals surface area contributed by atoms with Crippen LogP contribution in [0.3, 0.4) is 0 Å². The van der Waals surface area contributed by atoms with Gasteiger partial charge in [0.25, 0.3) is 0 Å². The van der Waals surface area contributed by atoms with E-state index in [0.717, 1.165) is 22.5 Å². The number of ether oxygens (including phenoxy) is 1. The number of piperazine rings is 1. The highest BCUT2D eigenvalue weighted by molar-refractivity contribution is 7.89. The fraction of sp³-hybridized carbons (Fsp3) is 0.611. The highest BCUT2D eigenvalue weighted by Gasteiger charge is 2.50. The number of alkyl halides is 3. The Labute approximate surface area is 162 Å². The number of sulfonamides is 1. The summed E-state index contributed by atoms with van der Waals surface area (Å²) in [6.07, 6.45) is -4.35. The van der Waals surface area contributed by atoms with Crippen LogP contribution in [0.2, 0.25) is 0 Å². The molecule has 2 saturated heterocycles. The van der Waals surface area contributed by atoms with Gasteiger partial charge in [-0.2, -0.15) is 17.5 Å². The van der Waals surface area contributed by atoms with Gasteiger partial charge in [0.2, 0.25) is 10.0 Å². The van der Waals surface area contributed by atoms with Crippen molar-refractivity contribution in [1.29, 1.82) is 0 Å². The summed E-state index contributed by atoms with van der Waals surface area (Å²) in [5, 5.41) is 0. The fourth-order valence-corrected chi connectivity index (χ4v) is 5.84. The molecule has 0 radical (unpaired) electrons. The van der Waals surface area contributed by atoms with E-state index in [1.807, 2.05) is 0 Å². The van der Waals surface area contributed by atoms with Gasteiger partial charge in [0, 0.05) is 25.2 Å². The summed E-state index contributed by atoms with van der Waals surface area (Å²) in [4.78, 5) is 13.0. The molecule has 1 amide bonds. The van der Waals surface area contributed by atoms with Crippen LogP contribution in [0.15, 0.2) is 29.2 Å². The van der Waals surface area contributed by atoms with Gasteiger partial charge < -0.3 is 9.64 Å². The Kier molecular flexibility index (Phi) is 5.16. The second kappa shape index (κ2) is 6.91. The third-order valence-electron chi connectivity index (χ3n) is 4.81. The minimum atomic E-state index is -4.78. The van der Waals surface area contributed by atoms with Crippen molar-refractivity contribution < 1.29 is 31.1 Å². The zero-order valence-corrected chi connectivity index (χ0v) is 16.7. The highest BCUT2D eigenvalue weighted by Crippen LogP contribution is 2.40. The van der Waals surface area contributed by atoms with Crippen LogP contribution in [0.25, 0.3) is 0 Å². The van der Waals surface area contributed by atoms with Crippen molar-refractivity contribution in [1.82, 2.24) is 9.21 Å². The number of hydrogen-bond donors (Lipinski definition) is 0. The van der Waals surface area contributed by atoms with E-state index in [1.54, 1.807) is 20.8 Å². The summed E-state index contributed by atoms with van der Waals surface area (Å²) in [5.74, 6) is 0. The lowest BCUT2D eigenvalue weighted by atomic mass is 10.2. The molecule has 0 aromatic heterocycles. The lowest BCUT2D eigenvalue weighted by Gasteiger charge is -2.40. The fourth-order valence-electron chi connectivity index (χ4n) is 3.77. The number of nitrogens with zero attached hydrogens (tertiary/aromatic N) is 2. The number of fused-ring (bicyclic) bond motifs is 2. The monoisotopic (exact) mass is 420 g/mol. The first-order chi connectivity index (χ1) is 12.8. The zero-order chi connectivity index (χ0) is 20.9. The number of amides is 1. The van der Waals surface area contributed by atoms with Crippen LogP contribution in [-0.2, 0) is 20.9 Å². The largest absolute Gasteiger partial charge is 0.444 e. The van der Waals surface area contributed by atoms with Crippen molar-refractivity contribution in [2.24, 2.45) is 0 Å². The van der Waals surface area contributed by atoms with E-state index in [0.29, 0.717) is 12.8 Å². The summed E-state index contributed by atoms with van der Waals surface area (Å²) >= 11 is 0. The Morgan fingerprint density at radius 1 is 1.07 bits per heavy atom. The molecule has 1 aromatic rings. The normalized spacial score (nSPS) is 23.7. The molecule has 0 aliphatic carbocycles. The van der Waals surface area contributed by atoms with E-state index >= 15 is 0 Å². The van der Waals surface area contributed by atoms with Gasteiger partial charge in [-0.1, -0.05) is 12.1 Å². The minimum Gasteiger partial charge on any atom is -0.444 e. The van der Waals surface area contributed by atoms with E-state index < -0.39 is 50.4 Å². The van der Waals surface area contributed by atoms with Crippen LogP contribution >= 0.6 is 0 Å². The molecule has 2 atom stereocenters. The quantitative estimate of drug-likeness (QED) is 0.735. The first-order valence-electron chi connectivity index (χ1n) is 8.98. The van der Waals surface area contributed by atoms with Gasteiger partial charge in [-0.3, -0.25) is 0 Å². The molecule has 6 nitrogen and oxygen atoms in total. The molecule has 0 spiro atoms. The van der Waals surface area contributed by atoms with Crippen LogP contribution in [0.5, 0.6) is 0 Å². The Morgan fingerprint density at radius 2 is 1.61 bits per heavy atom. The van der Waals surface area contributed by atoms with Crippen molar-refractivity contribution in [3.8, 4) is 0 Å². The van der Waals surface area contributed by atoms with Gasteiger partial charge >= 0.3 is 12.3 Å². The van der Waals surface area contributed by atoms with Crippen LogP contribution in [0.4, 0.5) is 18.0 Å². The van der Waals surface area contributed by atoms with Crippen molar-refractivity contribution in [3.05, 3.63) is 29.8 Å². The summed E-state index contributed by atoms with van der Waals surface area (Å²) in [6.45, 7) is 5.38. The van der Waals surface area contributed by atoms with Gasteiger partial charge in [0.1, 0.15) is 5.60 Å². The topological polar surface area (TPSA) is 66.9 Å². The van der Waals surface area contributed by atoms with Crippen LogP contribution in [-0.4, -0.2) is 54.5 Å². The number of carbonyl (C=O) groups excluding carboxylic acids is 1. The molecule has 1 aromatic carbocycles. The lowest BCUT2D eigenvalue weighted by molar-refractivity contribution is -0.139. The average Bonchev–Trinajstić information content (AvgIpc) is 2.84. The smallest absolute Gasteiger partial charge is 0.417 e. The molecule has 3 rings (SSSR count). The predicted octanol–water partition coefficient (Wildman–Crippen LogP) is 3.48. The van der Waals surface area contributed by atoms with Crippen molar-refractivity contribution in [3.63, 3.8) is 0 Å². The Bertz CT molecular complexity index is 850. The number of hydrogen-bond acceptors (Lipinski definition) is 4. The summed E-state index contributed by atoms with van der Waals surface area (Å²) < 4.78 is 72.7. The maximum absolute atomic E-state index is 13.3. The molecule has 28 heavy (non-hydrogen) atoms. The van der Waals surface area contributed by atoms with E-state index in [1.165, 1.54) is 11.0 Å². The maximum atomic E-state index is 13.3. The number of benzene rings is 1. The Hall–Kier alpha value is -1.81. The van der Waals surface area contributed by atoms with E-state index in [4.69, 9.17) is 4.74 Å². The van der Waals surface area contributed by atoms with Gasteiger partial charge in [0.05, 0.1) is 10.5 Å². The van der Waals surface area contributed by atoms with Crippen molar-refractivity contribution in [2.75, 3.05) is 13.1 Å². The number of likely N-dealkylation sites (tertiary alicyclic amines) is 1. The molecule has 2 aliphatic rings. The van der Waals surface area contributed by atoms with Gasteiger partial charge in [0.15, 0.2) is 0 Å². The predicted molar refractivity (Wildman–Crippen MR) is 95.1 cm³/mol. The number of halogens is 3. The molecule has 0 saturated carbocycles. The van der Waals surface area contributed by atoms with Crippen molar-refractivity contribution >= 4 is 16.1 Å². The molecule has 2 heterocycles. The second-order valence-corrected chi connectivity index (χ2v) is 9.91. The van der Waals surface area contributed by atoms with E-state index in [-0.39, 0.29) is 13.1 Å². The van der Waals surface area contributed by atoms with E-state index in [2.05, 4.69) is 0 Å². The third kappa shape index (κ3) is 3.98. The van der Waals surface area contributed by atoms with Crippen LogP contribution < -0.4 is 0 Å². The standard InChI is InChI=1S/C18H23F3N2O4S/c1-17(2,3)27-16(24)22-10-12-8-9-13(11-22)23(12)28(25,26)15-7-5-4-6-14(15)18(19,20)21/h4-7,12-13H,8-11H2,1-3H3. The minimum absolute atomic E-state index is 0.0961. The molecule has 156 valence electrons. The second-order valence-electron chi connectivity index (χ2n) is 8.10. The number of carbonyl (C=O) groups is 1. The van der Waals surface area contributed by atoms with Crippen molar-refractivity contribution in [2.45, 2.75) is 62.4 Å². The lowest BCUT2D eigenvalue weighted by Crippen LogP contribution is -2.57. The SMILES string of the molecule is CC(C)(C)OC(=O)N1CC2CCC(C1)N2S(=O)(=O)c1ccccc1C(F)(F)F. The Balaban J connectivity index is 1.88. The third-order valence-corrected chi connectivity index (χ3v) is 6.88. The van der Waals surface area contributed by atoms with E-state index in [9.17, 15) is 26.4 Å².